The van der Waals surface area contributed by atoms with Gasteiger partial charge in [-0.25, -0.2) is 4.79 Å². The first-order valence-corrected chi connectivity index (χ1v) is 8.96. The summed E-state index contributed by atoms with van der Waals surface area (Å²) in [5.41, 5.74) is 0.598. The molecule has 7 nitrogen and oxygen atoms in total. The summed E-state index contributed by atoms with van der Waals surface area (Å²) in [6.07, 6.45) is 0. The highest BCUT2D eigenvalue weighted by molar-refractivity contribution is 5.89. The van der Waals surface area contributed by atoms with E-state index in [1.807, 2.05) is 32.9 Å². The zero-order valence-electron chi connectivity index (χ0n) is 15.9. The topological polar surface area (TPSA) is 78.1 Å². The van der Waals surface area contributed by atoms with E-state index in [0.29, 0.717) is 42.8 Å². The number of amides is 2. The van der Waals surface area contributed by atoms with Crippen LogP contribution in [0.25, 0.3) is 0 Å². The van der Waals surface area contributed by atoms with Gasteiger partial charge in [-0.05, 0) is 57.2 Å². The average molecular weight is 374 g/mol. The zero-order valence-corrected chi connectivity index (χ0v) is 15.9. The van der Waals surface area contributed by atoms with Gasteiger partial charge in [-0.2, -0.15) is 0 Å². The number of urea groups is 1. The van der Waals surface area contributed by atoms with E-state index in [9.17, 15) is 4.79 Å². The van der Waals surface area contributed by atoms with E-state index in [-0.39, 0.29) is 12.8 Å². The molecule has 2 amide bonds. The van der Waals surface area contributed by atoms with Gasteiger partial charge >= 0.3 is 6.03 Å². The zero-order chi connectivity index (χ0) is 19.5. The molecule has 0 heterocycles. The number of hydrogen-bond acceptors (Lipinski definition) is 5. The van der Waals surface area contributed by atoms with Gasteiger partial charge in [0.15, 0.2) is 18.2 Å². The fourth-order valence-corrected chi connectivity index (χ4v) is 2.29. The van der Waals surface area contributed by atoms with Gasteiger partial charge in [0.2, 0.25) is 0 Å². The molecule has 0 spiro atoms. The van der Waals surface area contributed by atoms with Crippen LogP contribution in [0.1, 0.15) is 20.8 Å². The molecule has 0 radical (unpaired) electrons. The van der Waals surface area contributed by atoms with Gasteiger partial charge in [0, 0.05) is 11.8 Å². The van der Waals surface area contributed by atoms with Gasteiger partial charge in [0.1, 0.15) is 11.5 Å². The summed E-state index contributed by atoms with van der Waals surface area (Å²) in [5, 5.41) is 5.37. The second-order valence-corrected chi connectivity index (χ2v) is 5.35. The molecular formula is C20H26N2O5. The van der Waals surface area contributed by atoms with E-state index in [1.54, 1.807) is 30.3 Å². The minimum absolute atomic E-state index is 0.0369. The third-order valence-electron chi connectivity index (χ3n) is 3.41. The summed E-state index contributed by atoms with van der Waals surface area (Å²) in [4.78, 5) is 12.0. The van der Waals surface area contributed by atoms with Crippen molar-refractivity contribution in [3.63, 3.8) is 0 Å². The van der Waals surface area contributed by atoms with Crippen LogP contribution in [0.3, 0.4) is 0 Å². The number of anilines is 1. The van der Waals surface area contributed by atoms with E-state index in [1.165, 1.54) is 0 Å². The van der Waals surface area contributed by atoms with Gasteiger partial charge in [0.25, 0.3) is 0 Å². The summed E-state index contributed by atoms with van der Waals surface area (Å²) in [5.74, 6) is 2.64. The van der Waals surface area contributed by atoms with E-state index < -0.39 is 0 Å². The van der Waals surface area contributed by atoms with E-state index in [4.69, 9.17) is 18.9 Å². The molecule has 7 heteroatoms. The van der Waals surface area contributed by atoms with Crippen molar-refractivity contribution in [1.82, 2.24) is 5.32 Å². The number of rotatable bonds is 10. The van der Waals surface area contributed by atoms with Crippen LogP contribution in [0.5, 0.6) is 23.0 Å². The lowest BCUT2D eigenvalue weighted by Crippen LogP contribution is -2.32. The van der Waals surface area contributed by atoms with Crippen molar-refractivity contribution in [2.24, 2.45) is 0 Å². The van der Waals surface area contributed by atoms with Gasteiger partial charge in [0.05, 0.1) is 19.8 Å². The van der Waals surface area contributed by atoms with Crippen molar-refractivity contribution >= 4 is 11.7 Å². The predicted molar refractivity (Wildman–Crippen MR) is 104 cm³/mol. The third-order valence-corrected chi connectivity index (χ3v) is 3.41. The molecule has 2 rings (SSSR count). The van der Waals surface area contributed by atoms with Gasteiger partial charge < -0.3 is 29.6 Å². The number of hydrogen-bond donors (Lipinski definition) is 2. The fourth-order valence-electron chi connectivity index (χ4n) is 2.29. The number of benzene rings is 2. The lowest BCUT2D eigenvalue weighted by molar-refractivity contribution is 0.234. The number of ether oxygens (including phenoxy) is 4. The minimum Gasteiger partial charge on any atom is -0.494 e. The highest BCUT2D eigenvalue weighted by Gasteiger charge is 2.08. The van der Waals surface area contributed by atoms with Crippen LogP contribution in [0.2, 0.25) is 0 Å². The Labute approximate surface area is 159 Å². The Morgan fingerprint density at radius 3 is 2.00 bits per heavy atom. The second kappa shape index (κ2) is 10.8. The fraction of sp³-hybridized carbons (Fsp3) is 0.350. The Balaban J connectivity index is 1.83. The molecule has 2 aromatic rings. The van der Waals surface area contributed by atoms with E-state index in [2.05, 4.69) is 10.6 Å². The SMILES string of the molecule is CCOc1ccc(OCNC(=O)Nc2ccc(OCC)c(OCC)c2)cc1. The highest BCUT2D eigenvalue weighted by Crippen LogP contribution is 2.30. The van der Waals surface area contributed by atoms with Crippen molar-refractivity contribution in [1.29, 1.82) is 0 Å². The Bertz CT molecular complexity index is 719. The normalized spacial score (nSPS) is 10.0. The Kier molecular flexibility index (Phi) is 8.09. The van der Waals surface area contributed by atoms with Crippen LogP contribution in [-0.2, 0) is 0 Å². The maximum atomic E-state index is 12.0. The van der Waals surface area contributed by atoms with Crippen LogP contribution in [0.4, 0.5) is 10.5 Å². The summed E-state index contributed by atoms with van der Waals surface area (Å²) in [7, 11) is 0. The lowest BCUT2D eigenvalue weighted by atomic mass is 10.2. The van der Waals surface area contributed by atoms with Crippen molar-refractivity contribution in [3.05, 3.63) is 42.5 Å². The summed E-state index contributed by atoms with van der Waals surface area (Å²) < 4.78 is 21.9. The lowest BCUT2D eigenvalue weighted by Gasteiger charge is -2.13. The van der Waals surface area contributed by atoms with Crippen molar-refractivity contribution in [2.45, 2.75) is 20.8 Å². The molecule has 27 heavy (non-hydrogen) atoms. The molecule has 0 saturated heterocycles. The number of carbonyl (C=O) groups is 1. The Hall–Kier alpha value is -3.09. The minimum atomic E-state index is -0.382. The molecular weight excluding hydrogens is 348 g/mol. The third kappa shape index (κ3) is 6.62. The molecule has 0 saturated carbocycles. The summed E-state index contributed by atoms with van der Waals surface area (Å²) in [6.45, 7) is 7.41. The highest BCUT2D eigenvalue weighted by atomic mass is 16.5. The standard InChI is InChI=1S/C20H26N2O5/c1-4-24-16-8-10-17(11-9-16)27-14-21-20(23)22-15-7-12-18(25-5-2)19(13-15)26-6-3/h7-13H,4-6,14H2,1-3H3,(H2,21,22,23). The van der Waals surface area contributed by atoms with E-state index in [0.717, 1.165) is 5.75 Å². The average Bonchev–Trinajstić information content (AvgIpc) is 2.66. The smallest absolute Gasteiger partial charge is 0.321 e. The molecule has 0 aromatic heterocycles. The monoisotopic (exact) mass is 374 g/mol. The van der Waals surface area contributed by atoms with Crippen LogP contribution in [0, 0.1) is 0 Å². The van der Waals surface area contributed by atoms with E-state index >= 15 is 0 Å². The van der Waals surface area contributed by atoms with Crippen LogP contribution in [-0.4, -0.2) is 32.6 Å². The second-order valence-electron chi connectivity index (χ2n) is 5.35. The first kappa shape index (κ1) is 20.2. The Morgan fingerprint density at radius 1 is 0.778 bits per heavy atom. The van der Waals surface area contributed by atoms with Crippen LogP contribution in [0.15, 0.2) is 42.5 Å². The van der Waals surface area contributed by atoms with Crippen LogP contribution < -0.4 is 29.6 Å². The predicted octanol–water partition coefficient (Wildman–Crippen LogP) is 4.04. The first-order valence-electron chi connectivity index (χ1n) is 8.96. The molecule has 0 fully saturated rings. The van der Waals surface area contributed by atoms with Crippen molar-refractivity contribution in [2.75, 3.05) is 31.9 Å². The summed E-state index contributed by atoms with van der Waals surface area (Å²) >= 11 is 0. The molecule has 0 aliphatic rings. The summed E-state index contributed by atoms with van der Waals surface area (Å²) in [6, 6.07) is 12.0. The van der Waals surface area contributed by atoms with Gasteiger partial charge in [-0.15, -0.1) is 0 Å². The number of carbonyl (C=O) groups excluding carboxylic acids is 1. The largest absolute Gasteiger partial charge is 0.494 e. The quantitative estimate of drug-likeness (QED) is 0.614. The van der Waals surface area contributed by atoms with Crippen LogP contribution >= 0.6 is 0 Å². The van der Waals surface area contributed by atoms with Crippen molar-refractivity contribution < 1.29 is 23.7 Å². The first-order chi connectivity index (χ1) is 13.2. The Morgan fingerprint density at radius 2 is 1.37 bits per heavy atom. The molecule has 0 unspecified atom stereocenters. The molecule has 0 atom stereocenters. The molecule has 2 N–H and O–H groups in total. The molecule has 0 bridgehead atoms. The molecule has 0 aliphatic carbocycles. The molecule has 146 valence electrons. The molecule has 2 aromatic carbocycles. The molecule has 0 aliphatic heterocycles. The maximum Gasteiger partial charge on any atom is 0.321 e. The van der Waals surface area contributed by atoms with Crippen molar-refractivity contribution in [3.8, 4) is 23.0 Å². The number of nitrogens with one attached hydrogen (secondary N) is 2. The van der Waals surface area contributed by atoms with Gasteiger partial charge in [-0.1, -0.05) is 0 Å². The maximum absolute atomic E-state index is 12.0. The van der Waals surface area contributed by atoms with Gasteiger partial charge in [-0.3, -0.25) is 0 Å².